The van der Waals surface area contributed by atoms with Gasteiger partial charge in [0.05, 0.1) is 0 Å². The Hall–Kier alpha value is 1.17. The first-order valence-corrected chi connectivity index (χ1v) is 5.08. The van der Waals surface area contributed by atoms with Crippen LogP contribution in [0.1, 0.15) is 0 Å². The standard InChI is InChI=1S/C4H7S.Sb/c1-4-2-5-3-4;/h4H,1-3H2;. The molecule has 2 heteroatoms. The van der Waals surface area contributed by atoms with Crippen LogP contribution in [0.15, 0.2) is 0 Å². The number of rotatable bonds is 1. The third-order valence-electron chi connectivity index (χ3n) is 0.965. The van der Waals surface area contributed by atoms with Crippen molar-refractivity contribution in [3.63, 3.8) is 0 Å². The van der Waals surface area contributed by atoms with Gasteiger partial charge >= 0.3 is 56.6 Å². The topological polar surface area (TPSA) is 0 Å². The molecule has 1 aliphatic rings. The van der Waals surface area contributed by atoms with E-state index in [2.05, 4.69) is 11.8 Å². The Morgan fingerprint density at radius 1 is 1.67 bits per heavy atom. The van der Waals surface area contributed by atoms with E-state index < -0.39 is 0 Å². The maximum absolute atomic E-state index is 2.08. The average molecular weight is 209 g/mol. The van der Waals surface area contributed by atoms with Gasteiger partial charge in [-0.3, -0.25) is 0 Å². The molecule has 34 valence electrons. The summed E-state index contributed by atoms with van der Waals surface area (Å²) >= 11 is 4.04. The summed E-state index contributed by atoms with van der Waals surface area (Å²) in [6.07, 6.45) is 0. The van der Waals surface area contributed by atoms with Crippen LogP contribution < -0.4 is 0 Å². The van der Waals surface area contributed by atoms with Crippen LogP contribution in [0.2, 0.25) is 4.37 Å². The minimum atomic E-state index is 1.10. The van der Waals surface area contributed by atoms with Gasteiger partial charge in [0, 0.05) is 0 Å². The first kappa shape index (κ1) is 5.31. The molecule has 0 amide bonds. The first-order chi connectivity index (χ1) is 2.93. The predicted molar refractivity (Wildman–Crippen MR) is 31.4 cm³/mol. The second-order valence-electron chi connectivity index (χ2n) is 1.59. The Morgan fingerprint density at radius 2 is 2.33 bits per heavy atom. The Labute approximate surface area is 56.6 Å². The molecule has 0 aromatic heterocycles. The van der Waals surface area contributed by atoms with Crippen molar-refractivity contribution in [3.8, 4) is 0 Å². The average Bonchev–Trinajstić information content (AvgIpc) is 1.31. The molecule has 0 N–H and O–H groups in total. The van der Waals surface area contributed by atoms with Crippen molar-refractivity contribution < 1.29 is 0 Å². The van der Waals surface area contributed by atoms with Gasteiger partial charge in [-0.2, -0.15) is 0 Å². The van der Waals surface area contributed by atoms with E-state index in [9.17, 15) is 0 Å². The van der Waals surface area contributed by atoms with Gasteiger partial charge in [0.2, 0.25) is 0 Å². The zero-order valence-electron chi connectivity index (χ0n) is 3.55. The van der Waals surface area contributed by atoms with Gasteiger partial charge in [0.15, 0.2) is 0 Å². The third kappa shape index (κ3) is 1.07. The molecule has 1 heterocycles. The molecule has 0 aliphatic carbocycles. The second-order valence-corrected chi connectivity index (χ2v) is 3.70. The van der Waals surface area contributed by atoms with Crippen LogP contribution in [0.3, 0.4) is 0 Å². The van der Waals surface area contributed by atoms with Crippen molar-refractivity contribution in [2.45, 2.75) is 4.37 Å². The van der Waals surface area contributed by atoms with Crippen molar-refractivity contribution in [1.82, 2.24) is 0 Å². The molecule has 0 saturated carbocycles. The van der Waals surface area contributed by atoms with Crippen LogP contribution in [0.25, 0.3) is 0 Å². The molecule has 0 aromatic rings. The van der Waals surface area contributed by atoms with Crippen molar-refractivity contribution in [3.05, 3.63) is 0 Å². The van der Waals surface area contributed by atoms with E-state index in [1.807, 2.05) is 23.0 Å². The van der Waals surface area contributed by atoms with Crippen LogP contribution in [0, 0.1) is 5.92 Å². The third-order valence-corrected chi connectivity index (χ3v) is 3.85. The maximum atomic E-state index is 2.08. The zero-order chi connectivity index (χ0) is 4.41. The van der Waals surface area contributed by atoms with E-state index >= 15 is 0 Å². The van der Waals surface area contributed by atoms with E-state index in [1.54, 1.807) is 0 Å². The van der Waals surface area contributed by atoms with Gasteiger partial charge in [-0.05, 0) is 0 Å². The van der Waals surface area contributed by atoms with Crippen molar-refractivity contribution >= 4 is 34.8 Å². The van der Waals surface area contributed by atoms with Gasteiger partial charge in [0.25, 0.3) is 0 Å². The molecule has 2 radical (unpaired) electrons. The summed E-state index contributed by atoms with van der Waals surface area (Å²) in [5, 5.41) is 0. The molecule has 1 saturated heterocycles. The summed E-state index contributed by atoms with van der Waals surface area (Å²) < 4.78 is 1.45. The summed E-state index contributed by atoms with van der Waals surface area (Å²) in [5.41, 5.74) is 0. The summed E-state index contributed by atoms with van der Waals surface area (Å²) in [4.78, 5) is 0. The van der Waals surface area contributed by atoms with E-state index in [1.165, 1.54) is 15.9 Å². The van der Waals surface area contributed by atoms with Crippen molar-refractivity contribution in [1.29, 1.82) is 0 Å². The summed E-state index contributed by atoms with van der Waals surface area (Å²) in [6, 6.07) is 0. The monoisotopic (exact) mass is 208 g/mol. The van der Waals surface area contributed by atoms with E-state index in [4.69, 9.17) is 0 Å². The normalized spacial score (nSPS) is 23.5. The molecule has 0 unspecified atom stereocenters. The Kier molecular flexibility index (Phi) is 2.18. The number of thioether (sulfide) groups is 1. The molecule has 0 spiro atoms. The molecule has 1 rings (SSSR count). The quantitative estimate of drug-likeness (QED) is 0.579. The van der Waals surface area contributed by atoms with Crippen molar-refractivity contribution in [2.75, 3.05) is 11.5 Å². The molecule has 0 bridgehead atoms. The Balaban J connectivity index is 2.01. The summed E-state index contributed by atoms with van der Waals surface area (Å²) in [6.45, 7) is 0. The Bertz CT molecular complexity index is 40.1. The predicted octanol–water partition coefficient (Wildman–Crippen LogP) is 0.936. The first-order valence-electron chi connectivity index (χ1n) is 2.12. The molecule has 6 heavy (non-hydrogen) atoms. The van der Waals surface area contributed by atoms with Gasteiger partial charge < -0.3 is 0 Å². The van der Waals surface area contributed by atoms with Gasteiger partial charge in [-0.25, -0.2) is 0 Å². The molecular weight excluding hydrogens is 202 g/mol. The number of hydrogen-bond donors (Lipinski definition) is 0. The zero-order valence-corrected chi connectivity index (χ0v) is 6.92. The molecule has 0 atom stereocenters. The second kappa shape index (κ2) is 2.47. The fraction of sp³-hybridized carbons (Fsp3) is 1.00. The summed E-state index contributed by atoms with van der Waals surface area (Å²) in [5.74, 6) is 3.98. The van der Waals surface area contributed by atoms with E-state index in [0.29, 0.717) is 0 Å². The van der Waals surface area contributed by atoms with E-state index in [0.717, 1.165) is 5.92 Å². The molecule has 1 aliphatic heterocycles. The van der Waals surface area contributed by atoms with Crippen LogP contribution in [-0.4, -0.2) is 34.5 Å². The minimum absolute atomic E-state index is 1.10. The van der Waals surface area contributed by atoms with Crippen LogP contribution >= 0.6 is 11.8 Å². The van der Waals surface area contributed by atoms with Gasteiger partial charge in [-0.15, -0.1) is 0 Å². The fourth-order valence-corrected chi connectivity index (χ4v) is 2.97. The Morgan fingerprint density at radius 3 is 2.33 bits per heavy atom. The fourth-order valence-electron chi connectivity index (χ4n) is 0.390. The summed E-state index contributed by atoms with van der Waals surface area (Å²) in [7, 11) is 0. The molecule has 1 fully saturated rings. The van der Waals surface area contributed by atoms with Crippen LogP contribution in [-0.2, 0) is 0 Å². The molecular formula is C4H7SSb. The molecule has 0 aromatic carbocycles. The van der Waals surface area contributed by atoms with Crippen LogP contribution in [0.5, 0.6) is 0 Å². The van der Waals surface area contributed by atoms with Gasteiger partial charge in [0.1, 0.15) is 0 Å². The van der Waals surface area contributed by atoms with Crippen molar-refractivity contribution in [2.24, 2.45) is 5.92 Å². The number of hydrogen-bond acceptors (Lipinski definition) is 1. The van der Waals surface area contributed by atoms with Gasteiger partial charge in [-0.1, -0.05) is 0 Å². The SMILES string of the molecule is [Sb][CH2]C1CSC1. The van der Waals surface area contributed by atoms with Crippen LogP contribution in [0.4, 0.5) is 0 Å². The van der Waals surface area contributed by atoms with E-state index in [-0.39, 0.29) is 0 Å². The molecule has 0 nitrogen and oxygen atoms in total.